The molecule has 0 amide bonds. The first-order valence-electron chi connectivity index (χ1n) is 5.98. The minimum Gasteiger partial charge on any atom is -0.394 e. The lowest BCUT2D eigenvalue weighted by Gasteiger charge is -2.27. The topological polar surface area (TPSA) is 94.4 Å². The number of ether oxygens (including phenoxy) is 1. The second-order valence-corrected chi connectivity index (χ2v) is 3.88. The lowest BCUT2D eigenvalue weighted by molar-refractivity contribution is -0.0583. The zero-order chi connectivity index (χ0) is 12.9. The van der Waals surface area contributed by atoms with E-state index >= 15 is 0 Å². The Bertz CT molecular complexity index is 336. The maximum Gasteiger partial charge on any atom is 0.246 e. The van der Waals surface area contributed by atoms with E-state index in [1.165, 1.54) is 0 Å². The van der Waals surface area contributed by atoms with Gasteiger partial charge in [0.15, 0.2) is 0 Å². The van der Waals surface area contributed by atoms with Crippen LogP contribution in [-0.4, -0.2) is 28.5 Å². The SMILES string of the molecule is CCOC(CC)(CC)c1noc(C(N)CO)n1. The molecule has 6 heteroatoms. The smallest absolute Gasteiger partial charge is 0.246 e. The molecule has 0 saturated heterocycles. The average Bonchev–Trinajstić information content (AvgIpc) is 2.85. The van der Waals surface area contributed by atoms with Gasteiger partial charge in [0.1, 0.15) is 11.6 Å². The third-order valence-electron chi connectivity index (χ3n) is 2.93. The first-order valence-corrected chi connectivity index (χ1v) is 5.98. The summed E-state index contributed by atoms with van der Waals surface area (Å²) in [5.41, 5.74) is 5.10. The summed E-state index contributed by atoms with van der Waals surface area (Å²) in [6, 6.07) is -0.635. The van der Waals surface area contributed by atoms with Crippen LogP contribution in [0.15, 0.2) is 4.52 Å². The number of rotatable bonds is 7. The number of aliphatic hydroxyl groups excluding tert-OH is 1. The Labute approximate surface area is 101 Å². The molecular formula is C11H21N3O3. The predicted molar refractivity (Wildman–Crippen MR) is 62.2 cm³/mol. The molecule has 0 aliphatic rings. The summed E-state index contributed by atoms with van der Waals surface area (Å²) in [6.07, 6.45) is 1.51. The van der Waals surface area contributed by atoms with E-state index in [1.54, 1.807) is 0 Å². The van der Waals surface area contributed by atoms with Crippen LogP contribution < -0.4 is 5.73 Å². The van der Waals surface area contributed by atoms with Crippen molar-refractivity contribution in [3.63, 3.8) is 0 Å². The van der Waals surface area contributed by atoms with Crippen molar-refractivity contribution < 1.29 is 14.4 Å². The van der Waals surface area contributed by atoms with Crippen molar-refractivity contribution in [1.29, 1.82) is 0 Å². The van der Waals surface area contributed by atoms with Gasteiger partial charge < -0.3 is 20.1 Å². The van der Waals surface area contributed by atoms with E-state index in [4.69, 9.17) is 20.1 Å². The second kappa shape index (κ2) is 6.09. The van der Waals surface area contributed by atoms with E-state index in [1.807, 2.05) is 20.8 Å². The highest BCUT2D eigenvalue weighted by atomic mass is 16.5. The highest BCUT2D eigenvalue weighted by Crippen LogP contribution is 2.31. The molecule has 1 unspecified atom stereocenters. The molecule has 0 radical (unpaired) electrons. The molecular weight excluding hydrogens is 222 g/mol. The molecule has 1 aromatic heterocycles. The summed E-state index contributed by atoms with van der Waals surface area (Å²) >= 11 is 0. The Morgan fingerprint density at radius 3 is 2.53 bits per heavy atom. The van der Waals surface area contributed by atoms with Crippen molar-refractivity contribution >= 4 is 0 Å². The largest absolute Gasteiger partial charge is 0.394 e. The molecule has 0 aliphatic carbocycles. The zero-order valence-electron chi connectivity index (χ0n) is 10.6. The quantitative estimate of drug-likeness (QED) is 0.745. The Morgan fingerprint density at radius 2 is 2.06 bits per heavy atom. The van der Waals surface area contributed by atoms with Crippen LogP contribution in [0.2, 0.25) is 0 Å². The van der Waals surface area contributed by atoms with E-state index in [0.29, 0.717) is 12.4 Å². The zero-order valence-corrected chi connectivity index (χ0v) is 10.6. The Kier molecular flexibility index (Phi) is 5.04. The Balaban J connectivity index is 2.99. The fourth-order valence-electron chi connectivity index (χ4n) is 1.76. The minimum absolute atomic E-state index is 0.221. The molecule has 6 nitrogen and oxygen atoms in total. The van der Waals surface area contributed by atoms with Crippen LogP contribution in [0.3, 0.4) is 0 Å². The Hall–Kier alpha value is -0.980. The lowest BCUT2D eigenvalue weighted by Crippen LogP contribution is -2.30. The average molecular weight is 243 g/mol. The molecule has 1 heterocycles. The van der Waals surface area contributed by atoms with Crippen LogP contribution >= 0.6 is 0 Å². The van der Waals surface area contributed by atoms with E-state index in [-0.39, 0.29) is 12.5 Å². The van der Waals surface area contributed by atoms with Crippen LogP contribution in [0, 0.1) is 0 Å². The molecule has 98 valence electrons. The fourth-order valence-corrected chi connectivity index (χ4v) is 1.76. The van der Waals surface area contributed by atoms with Gasteiger partial charge in [-0.15, -0.1) is 0 Å². The Morgan fingerprint density at radius 1 is 1.41 bits per heavy atom. The highest BCUT2D eigenvalue weighted by Gasteiger charge is 2.35. The van der Waals surface area contributed by atoms with Gasteiger partial charge in [0.05, 0.1) is 6.61 Å². The molecule has 0 aliphatic heterocycles. The molecule has 0 spiro atoms. The maximum absolute atomic E-state index is 8.93. The maximum atomic E-state index is 8.93. The van der Waals surface area contributed by atoms with Crippen molar-refractivity contribution in [3.05, 3.63) is 11.7 Å². The van der Waals surface area contributed by atoms with Gasteiger partial charge >= 0.3 is 0 Å². The van der Waals surface area contributed by atoms with Crippen LogP contribution in [0.4, 0.5) is 0 Å². The molecule has 0 bridgehead atoms. The number of hydrogen-bond donors (Lipinski definition) is 2. The number of hydrogen-bond acceptors (Lipinski definition) is 6. The van der Waals surface area contributed by atoms with Crippen molar-refractivity contribution in [2.45, 2.75) is 45.3 Å². The van der Waals surface area contributed by atoms with E-state index in [9.17, 15) is 0 Å². The number of aromatic nitrogens is 2. The third kappa shape index (κ3) is 2.83. The molecule has 0 saturated carbocycles. The number of aliphatic hydroxyl groups is 1. The number of nitrogens with two attached hydrogens (primary N) is 1. The standard InChI is InChI=1S/C11H21N3O3/c1-4-11(5-2,16-6-3)10-13-9(17-14-10)8(12)7-15/h8,15H,4-7,12H2,1-3H3. The van der Waals surface area contributed by atoms with Gasteiger partial charge in [0.25, 0.3) is 0 Å². The monoisotopic (exact) mass is 243 g/mol. The van der Waals surface area contributed by atoms with Gasteiger partial charge in [-0.1, -0.05) is 19.0 Å². The van der Waals surface area contributed by atoms with Gasteiger partial charge in [-0.05, 0) is 19.8 Å². The summed E-state index contributed by atoms with van der Waals surface area (Å²) in [5.74, 6) is 0.747. The van der Waals surface area contributed by atoms with Crippen LogP contribution in [0.1, 0.15) is 51.4 Å². The third-order valence-corrected chi connectivity index (χ3v) is 2.93. The summed E-state index contributed by atoms with van der Waals surface area (Å²) in [7, 11) is 0. The molecule has 1 aromatic rings. The van der Waals surface area contributed by atoms with Crippen molar-refractivity contribution in [2.75, 3.05) is 13.2 Å². The van der Waals surface area contributed by atoms with E-state index in [2.05, 4.69) is 10.1 Å². The van der Waals surface area contributed by atoms with Crippen molar-refractivity contribution in [3.8, 4) is 0 Å². The van der Waals surface area contributed by atoms with Gasteiger partial charge in [0, 0.05) is 6.61 Å². The van der Waals surface area contributed by atoms with Gasteiger partial charge in [-0.3, -0.25) is 0 Å². The predicted octanol–water partition coefficient (Wildman–Crippen LogP) is 1.11. The molecule has 0 aromatic carbocycles. The molecule has 1 atom stereocenters. The van der Waals surface area contributed by atoms with Crippen LogP contribution in [0.5, 0.6) is 0 Å². The summed E-state index contributed by atoms with van der Waals surface area (Å²) in [5, 5.41) is 12.8. The summed E-state index contributed by atoms with van der Waals surface area (Å²) < 4.78 is 10.8. The molecule has 3 N–H and O–H groups in total. The first kappa shape index (κ1) is 14.1. The lowest BCUT2D eigenvalue weighted by atomic mass is 9.96. The van der Waals surface area contributed by atoms with Crippen molar-refractivity contribution in [1.82, 2.24) is 10.1 Å². The highest BCUT2D eigenvalue weighted by molar-refractivity contribution is 5.02. The van der Waals surface area contributed by atoms with Gasteiger partial charge in [-0.25, -0.2) is 0 Å². The van der Waals surface area contributed by atoms with E-state index in [0.717, 1.165) is 12.8 Å². The molecule has 0 fully saturated rings. The normalized spacial score (nSPS) is 13.9. The number of nitrogens with zero attached hydrogens (tertiary/aromatic N) is 2. The fraction of sp³-hybridized carbons (Fsp3) is 0.818. The van der Waals surface area contributed by atoms with Crippen molar-refractivity contribution in [2.24, 2.45) is 5.73 Å². The minimum atomic E-state index is -0.635. The van der Waals surface area contributed by atoms with Crippen LogP contribution in [0.25, 0.3) is 0 Å². The van der Waals surface area contributed by atoms with Crippen LogP contribution in [-0.2, 0) is 10.3 Å². The van der Waals surface area contributed by atoms with E-state index < -0.39 is 11.6 Å². The summed E-state index contributed by atoms with van der Waals surface area (Å²) in [6.45, 7) is 6.32. The van der Waals surface area contributed by atoms with Gasteiger partial charge in [-0.2, -0.15) is 4.98 Å². The molecule has 1 rings (SSSR count). The summed E-state index contributed by atoms with van der Waals surface area (Å²) in [4.78, 5) is 4.23. The first-order chi connectivity index (χ1) is 8.13. The second-order valence-electron chi connectivity index (χ2n) is 3.88. The molecule has 17 heavy (non-hydrogen) atoms. The van der Waals surface area contributed by atoms with Gasteiger partial charge in [0.2, 0.25) is 11.7 Å².